The second kappa shape index (κ2) is 5.39. The summed E-state index contributed by atoms with van der Waals surface area (Å²) in [5.41, 5.74) is 0.503. The second-order valence-electron chi connectivity index (χ2n) is 4.09. The van der Waals surface area contributed by atoms with Crippen LogP contribution in [-0.2, 0) is 13.6 Å². The van der Waals surface area contributed by atoms with E-state index in [2.05, 4.69) is 10.4 Å². The minimum atomic E-state index is -0.642. The molecule has 1 aromatic carbocycles. The van der Waals surface area contributed by atoms with Gasteiger partial charge in [0.25, 0.3) is 11.6 Å². The molecular formula is C12H12N4O4. The summed E-state index contributed by atoms with van der Waals surface area (Å²) in [6.45, 7) is 0.242. The molecule has 1 amide bonds. The fourth-order valence-electron chi connectivity index (χ4n) is 1.67. The number of phenolic OH excluding ortho intramolecular Hbond substituents is 1. The molecule has 1 heterocycles. The molecule has 0 bridgehead atoms. The number of nitro groups is 1. The second-order valence-corrected chi connectivity index (χ2v) is 4.09. The van der Waals surface area contributed by atoms with E-state index in [0.29, 0.717) is 0 Å². The number of amides is 1. The number of hydrogen-bond acceptors (Lipinski definition) is 5. The zero-order valence-electron chi connectivity index (χ0n) is 10.6. The lowest BCUT2D eigenvalue weighted by Crippen LogP contribution is -2.24. The fourth-order valence-corrected chi connectivity index (χ4v) is 1.67. The highest BCUT2D eigenvalue weighted by molar-refractivity contribution is 5.97. The van der Waals surface area contributed by atoms with Gasteiger partial charge in [-0.1, -0.05) is 0 Å². The Bertz CT molecular complexity index is 665. The lowest BCUT2D eigenvalue weighted by Gasteiger charge is -2.07. The summed E-state index contributed by atoms with van der Waals surface area (Å²) in [7, 11) is 1.74. The van der Waals surface area contributed by atoms with Gasteiger partial charge in [0.15, 0.2) is 0 Å². The highest BCUT2D eigenvalue weighted by Gasteiger charge is 2.15. The molecule has 0 saturated carbocycles. The first-order valence-corrected chi connectivity index (χ1v) is 5.71. The summed E-state index contributed by atoms with van der Waals surface area (Å²) in [5, 5.41) is 26.7. The number of aryl methyl sites for hydroxylation is 1. The molecule has 0 aliphatic heterocycles. The van der Waals surface area contributed by atoms with Gasteiger partial charge in [0.2, 0.25) is 0 Å². The third-order valence-electron chi connectivity index (χ3n) is 2.79. The molecule has 0 radical (unpaired) electrons. The van der Waals surface area contributed by atoms with Crippen LogP contribution in [0.25, 0.3) is 0 Å². The Morgan fingerprint density at radius 2 is 2.25 bits per heavy atom. The summed E-state index contributed by atoms with van der Waals surface area (Å²) in [6.07, 6.45) is 1.60. The number of nitrogens with zero attached hydrogens (tertiary/aromatic N) is 3. The van der Waals surface area contributed by atoms with E-state index in [1.807, 2.05) is 0 Å². The van der Waals surface area contributed by atoms with Crippen molar-refractivity contribution in [2.45, 2.75) is 6.54 Å². The summed E-state index contributed by atoms with van der Waals surface area (Å²) >= 11 is 0. The Morgan fingerprint density at radius 1 is 1.50 bits per heavy atom. The highest BCUT2D eigenvalue weighted by atomic mass is 16.6. The summed E-state index contributed by atoms with van der Waals surface area (Å²) in [5.74, 6) is -0.944. The molecule has 0 saturated heterocycles. The SMILES string of the molecule is Cn1nccc1CNC(=O)c1ccc([N+](=O)[O-])cc1O. The molecule has 0 atom stereocenters. The molecule has 2 rings (SSSR count). The van der Waals surface area contributed by atoms with E-state index in [4.69, 9.17) is 0 Å². The van der Waals surface area contributed by atoms with Gasteiger partial charge in [0.05, 0.1) is 28.8 Å². The standard InChI is InChI=1S/C12H12N4O4/c1-15-9(4-5-14-15)7-13-12(18)10-3-2-8(16(19)20)6-11(10)17/h2-6,17H,7H2,1H3,(H,13,18). The van der Waals surface area contributed by atoms with Gasteiger partial charge < -0.3 is 10.4 Å². The Balaban J connectivity index is 2.10. The topological polar surface area (TPSA) is 110 Å². The van der Waals surface area contributed by atoms with E-state index in [9.17, 15) is 20.0 Å². The average molecular weight is 276 g/mol. The normalized spacial score (nSPS) is 10.2. The van der Waals surface area contributed by atoms with Gasteiger partial charge in [-0.05, 0) is 12.1 Å². The molecule has 8 nitrogen and oxygen atoms in total. The number of rotatable bonds is 4. The van der Waals surface area contributed by atoms with Crippen LogP contribution in [-0.4, -0.2) is 25.7 Å². The van der Waals surface area contributed by atoms with Gasteiger partial charge >= 0.3 is 0 Å². The van der Waals surface area contributed by atoms with E-state index < -0.39 is 16.6 Å². The van der Waals surface area contributed by atoms with Crippen LogP contribution in [0.1, 0.15) is 16.1 Å². The first-order chi connectivity index (χ1) is 9.49. The smallest absolute Gasteiger partial charge is 0.273 e. The summed E-state index contributed by atoms with van der Waals surface area (Å²) < 4.78 is 1.61. The minimum Gasteiger partial charge on any atom is -0.507 e. The number of phenols is 1. The largest absolute Gasteiger partial charge is 0.507 e. The van der Waals surface area contributed by atoms with Crippen LogP contribution in [0, 0.1) is 10.1 Å². The molecule has 1 aromatic heterocycles. The Kier molecular flexibility index (Phi) is 3.65. The van der Waals surface area contributed by atoms with Gasteiger partial charge in [0, 0.05) is 19.3 Å². The lowest BCUT2D eigenvalue weighted by atomic mass is 10.1. The molecule has 0 unspecified atom stereocenters. The van der Waals surface area contributed by atoms with E-state index in [0.717, 1.165) is 11.8 Å². The molecule has 0 fully saturated rings. The molecular weight excluding hydrogens is 264 g/mol. The van der Waals surface area contributed by atoms with Crippen molar-refractivity contribution in [3.63, 3.8) is 0 Å². The molecule has 0 aliphatic rings. The Hall–Kier alpha value is -2.90. The summed E-state index contributed by atoms with van der Waals surface area (Å²) in [4.78, 5) is 21.8. The lowest BCUT2D eigenvalue weighted by molar-refractivity contribution is -0.384. The van der Waals surface area contributed by atoms with Crippen molar-refractivity contribution in [2.24, 2.45) is 7.05 Å². The zero-order chi connectivity index (χ0) is 14.7. The highest BCUT2D eigenvalue weighted by Crippen LogP contribution is 2.23. The van der Waals surface area contributed by atoms with Crippen molar-refractivity contribution in [3.8, 4) is 5.75 Å². The maximum atomic E-state index is 11.9. The monoisotopic (exact) mass is 276 g/mol. The predicted octanol–water partition coefficient (Wildman–Crippen LogP) is 0.964. The first kappa shape index (κ1) is 13.5. The quantitative estimate of drug-likeness (QED) is 0.638. The Labute approximate surface area is 113 Å². The Morgan fingerprint density at radius 3 is 2.80 bits per heavy atom. The van der Waals surface area contributed by atoms with Crippen molar-refractivity contribution in [2.75, 3.05) is 0 Å². The minimum absolute atomic E-state index is 0.0160. The predicted molar refractivity (Wildman–Crippen MR) is 69.1 cm³/mol. The number of aromatic nitrogens is 2. The first-order valence-electron chi connectivity index (χ1n) is 5.71. The van der Waals surface area contributed by atoms with Gasteiger partial charge in [-0.2, -0.15) is 5.10 Å². The molecule has 2 N–H and O–H groups in total. The van der Waals surface area contributed by atoms with Gasteiger partial charge in [-0.3, -0.25) is 19.6 Å². The van der Waals surface area contributed by atoms with E-state index in [1.165, 1.54) is 12.1 Å². The number of aromatic hydroxyl groups is 1. The third-order valence-corrected chi connectivity index (χ3v) is 2.79. The third kappa shape index (κ3) is 2.74. The number of hydrogen-bond donors (Lipinski definition) is 2. The van der Waals surface area contributed by atoms with E-state index >= 15 is 0 Å². The maximum Gasteiger partial charge on any atom is 0.273 e. The zero-order valence-corrected chi connectivity index (χ0v) is 10.6. The molecule has 2 aromatic rings. The van der Waals surface area contributed by atoms with Crippen LogP contribution in [0.15, 0.2) is 30.5 Å². The number of nitrogens with one attached hydrogen (secondary N) is 1. The number of carbonyl (C=O) groups is 1. The number of benzene rings is 1. The van der Waals surface area contributed by atoms with Crippen molar-refractivity contribution < 1.29 is 14.8 Å². The molecule has 8 heteroatoms. The van der Waals surface area contributed by atoms with Gasteiger partial charge in [-0.15, -0.1) is 0 Å². The van der Waals surface area contributed by atoms with Crippen LogP contribution in [0.5, 0.6) is 5.75 Å². The van der Waals surface area contributed by atoms with Crippen molar-refractivity contribution in [3.05, 3.63) is 51.8 Å². The maximum absolute atomic E-state index is 11.9. The van der Waals surface area contributed by atoms with Gasteiger partial charge in [0.1, 0.15) is 5.75 Å². The summed E-state index contributed by atoms with van der Waals surface area (Å²) in [6, 6.07) is 5.07. The van der Waals surface area contributed by atoms with Crippen molar-refractivity contribution in [1.82, 2.24) is 15.1 Å². The number of carbonyl (C=O) groups excluding carboxylic acids is 1. The number of nitro benzene ring substituents is 1. The van der Waals surface area contributed by atoms with E-state index in [-0.39, 0.29) is 17.8 Å². The van der Waals surface area contributed by atoms with Crippen LogP contribution < -0.4 is 5.32 Å². The van der Waals surface area contributed by atoms with E-state index in [1.54, 1.807) is 24.0 Å². The van der Waals surface area contributed by atoms with Crippen LogP contribution >= 0.6 is 0 Å². The van der Waals surface area contributed by atoms with Gasteiger partial charge in [-0.25, -0.2) is 0 Å². The molecule has 20 heavy (non-hydrogen) atoms. The van der Waals surface area contributed by atoms with Crippen LogP contribution in [0.3, 0.4) is 0 Å². The number of non-ortho nitro benzene ring substituents is 1. The average Bonchev–Trinajstić information content (AvgIpc) is 2.81. The van der Waals surface area contributed by atoms with Crippen molar-refractivity contribution in [1.29, 1.82) is 0 Å². The molecule has 104 valence electrons. The van der Waals surface area contributed by atoms with Crippen molar-refractivity contribution >= 4 is 11.6 Å². The van der Waals surface area contributed by atoms with Crippen LogP contribution in [0.4, 0.5) is 5.69 Å². The molecule has 0 spiro atoms. The molecule has 0 aliphatic carbocycles. The fraction of sp³-hybridized carbons (Fsp3) is 0.167. The van der Waals surface area contributed by atoms with Crippen LogP contribution in [0.2, 0.25) is 0 Å².